The molecule has 1 saturated heterocycles. The van der Waals surface area contributed by atoms with Gasteiger partial charge in [-0.3, -0.25) is 0 Å². The van der Waals surface area contributed by atoms with Crippen molar-refractivity contribution in [3.8, 4) is 0 Å². The highest BCUT2D eigenvalue weighted by molar-refractivity contribution is 5.89. The molecule has 3 nitrogen and oxygen atoms in total. The molecule has 0 N–H and O–H groups in total. The summed E-state index contributed by atoms with van der Waals surface area (Å²) in [6, 6.07) is 9.68. The fourth-order valence-electron chi connectivity index (χ4n) is 2.44. The van der Waals surface area contributed by atoms with Crippen molar-refractivity contribution < 1.29 is 9.53 Å². The van der Waals surface area contributed by atoms with Crippen LogP contribution >= 0.6 is 0 Å². The first-order chi connectivity index (χ1) is 8.58. The summed E-state index contributed by atoms with van der Waals surface area (Å²) >= 11 is 0. The molecule has 1 heterocycles. The maximum absolute atomic E-state index is 12.0. The minimum Gasteiger partial charge on any atom is -0.458 e. The van der Waals surface area contributed by atoms with Gasteiger partial charge in [0.25, 0.3) is 0 Å². The summed E-state index contributed by atoms with van der Waals surface area (Å²) in [5, 5.41) is 0. The Labute approximate surface area is 109 Å². The van der Waals surface area contributed by atoms with Crippen LogP contribution in [0.15, 0.2) is 30.3 Å². The molecule has 98 valence electrons. The van der Waals surface area contributed by atoms with E-state index in [1.54, 1.807) is 12.1 Å². The number of nitrogens with zero attached hydrogens (tertiary/aromatic N) is 1. The molecule has 1 aromatic carbocycles. The zero-order chi connectivity index (χ0) is 13.1. The fourth-order valence-corrected chi connectivity index (χ4v) is 2.44. The predicted molar refractivity (Wildman–Crippen MR) is 71.5 cm³/mol. The molecule has 1 fully saturated rings. The Kier molecular flexibility index (Phi) is 4.02. The number of carbonyl (C=O) groups is 1. The zero-order valence-corrected chi connectivity index (χ0v) is 11.3. The minimum atomic E-state index is -0.204. The molecule has 18 heavy (non-hydrogen) atoms. The largest absolute Gasteiger partial charge is 0.458 e. The number of likely N-dealkylation sites (tertiary alicyclic amines) is 1. The Hall–Kier alpha value is -1.35. The number of carbonyl (C=O) groups excluding carboxylic acids is 1. The number of benzene rings is 1. The smallest absolute Gasteiger partial charge is 0.338 e. The van der Waals surface area contributed by atoms with Crippen LogP contribution in [-0.4, -0.2) is 36.6 Å². The number of esters is 1. The normalized spacial score (nSPS) is 28.9. The number of ether oxygens (including phenoxy) is 1. The van der Waals surface area contributed by atoms with Gasteiger partial charge < -0.3 is 9.64 Å². The van der Waals surface area contributed by atoms with Crippen molar-refractivity contribution in [1.82, 2.24) is 4.90 Å². The first-order valence-electron chi connectivity index (χ1n) is 6.54. The number of piperidine rings is 1. The first-order valence-corrected chi connectivity index (χ1v) is 6.54. The lowest BCUT2D eigenvalue weighted by molar-refractivity contribution is -0.0196. The van der Waals surface area contributed by atoms with E-state index < -0.39 is 0 Å². The second-order valence-corrected chi connectivity index (χ2v) is 5.31. The fraction of sp³-hybridized carbons (Fsp3) is 0.533. The van der Waals surface area contributed by atoms with E-state index in [0.29, 0.717) is 17.5 Å². The van der Waals surface area contributed by atoms with Crippen molar-refractivity contribution in [2.45, 2.75) is 32.4 Å². The average Bonchev–Trinajstić information content (AvgIpc) is 2.37. The molecule has 0 amide bonds. The standard InChI is InChI=1S/C15H21NO2/c1-11-10-16(3)12(2)9-14(11)18-15(17)13-7-5-4-6-8-13/h4-8,11-12,14H,9-10H2,1-3H3. The van der Waals surface area contributed by atoms with Crippen LogP contribution in [0.1, 0.15) is 30.6 Å². The van der Waals surface area contributed by atoms with E-state index >= 15 is 0 Å². The van der Waals surface area contributed by atoms with Gasteiger partial charge in [-0.05, 0) is 32.5 Å². The van der Waals surface area contributed by atoms with Gasteiger partial charge in [0.15, 0.2) is 0 Å². The predicted octanol–water partition coefficient (Wildman–Crippen LogP) is 2.57. The summed E-state index contributed by atoms with van der Waals surface area (Å²) in [6.07, 6.45) is 0.944. The highest BCUT2D eigenvalue weighted by Crippen LogP contribution is 2.24. The summed E-state index contributed by atoms with van der Waals surface area (Å²) in [6.45, 7) is 5.30. The molecular weight excluding hydrogens is 226 g/mol. The quantitative estimate of drug-likeness (QED) is 0.752. The molecule has 0 radical (unpaired) electrons. The Bertz CT molecular complexity index is 404. The monoisotopic (exact) mass is 247 g/mol. The SMILES string of the molecule is CC1CN(C)C(C)CC1OC(=O)c1ccccc1. The van der Waals surface area contributed by atoms with Gasteiger partial charge in [-0.15, -0.1) is 0 Å². The lowest BCUT2D eigenvalue weighted by atomic mass is 9.92. The van der Waals surface area contributed by atoms with Crippen LogP contribution in [0.2, 0.25) is 0 Å². The van der Waals surface area contributed by atoms with Crippen LogP contribution < -0.4 is 0 Å². The van der Waals surface area contributed by atoms with E-state index in [1.165, 1.54) is 0 Å². The van der Waals surface area contributed by atoms with Gasteiger partial charge in [-0.2, -0.15) is 0 Å². The molecule has 3 atom stereocenters. The van der Waals surface area contributed by atoms with E-state index in [-0.39, 0.29) is 12.1 Å². The summed E-state index contributed by atoms with van der Waals surface area (Å²) in [4.78, 5) is 14.3. The lowest BCUT2D eigenvalue weighted by Crippen LogP contribution is -2.46. The molecule has 0 spiro atoms. The van der Waals surface area contributed by atoms with Crippen LogP contribution in [-0.2, 0) is 4.74 Å². The minimum absolute atomic E-state index is 0.0314. The third kappa shape index (κ3) is 2.91. The topological polar surface area (TPSA) is 29.5 Å². The van der Waals surface area contributed by atoms with Gasteiger partial charge >= 0.3 is 5.97 Å². The zero-order valence-electron chi connectivity index (χ0n) is 11.3. The van der Waals surface area contributed by atoms with E-state index in [2.05, 4.69) is 25.8 Å². The molecule has 0 aliphatic carbocycles. The van der Waals surface area contributed by atoms with Crippen LogP contribution in [0, 0.1) is 5.92 Å². The summed E-state index contributed by atoms with van der Waals surface area (Å²) in [5.41, 5.74) is 0.635. The van der Waals surface area contributed by atoms with Crippen molar-refractivity contribution in [2.75, 3.05) is 13.6 Å². The summed E-state index contributed by atoms with van der Waals surface area (Å²) in [7, 11) is 2.12. The van der Waals surface area contributed by atoms with Gasteiger partial charge in [0, 0.05) is 18.5 Å². The van der Waals surface area contributed by atoms with E-state index in [0.717, 1.165) is 13.0 Å². The van der Waals surface area contributed by atoms with Crippen molar-refractivity contribution >= 4 is 5.97 Å². The van der Waals surface area contributed by atoms with Gasteiger partial charge in [0.2, 0.25) is 0 Å². The summed E-state index contributed by atoms with van der Waals surface area (Å²) in [5.74, 6) is 0.183. The molecule has 0 aromatic heterocycles. The Morgan fingerprint density at radius 3 is 2.61 bits per heavy atom. The van der Waals surface area contributed by atoms with E-state index in [9.17, 15) is 4.79 Å². The van der Waals surface area contributed by atoms with Crippen LogP contribution in [0.5, 0.6) is 0 Å². The van der Waals surface area contributed by atoms with E-state index in [1.807, 2.05) is 18.2 Å². The number of rotatable bonds is 2. The highest BCUT2D eigenvalue weighted by atomic mass is 16.5. The number of hydrogen-bond acceptors (Lipinski definition) is 3. The third-order valence-corrected chi connectivity index (χ3v) is 3.80. The molecule has 0 saturated carbocycles. The van der Waals surface area contributed by atoms with Gasteiger partial charge in [0.05, 0.1) is 5.56 Å². The summed E-state index contributed by atoms with van der Waals surface area (Å²) < 4.78 is 5.64. The molecule has 3 heteroatoms. The van der Waals surface area contributed by atoms with Crippen molar-refractivity contribution in [3.05, 3.63) is 35.9 Å². The molecule has 3 unspecified atom stereocenters. The van der Waals surface area contributed by atoms with Gasteiger partial charge in [0.1, 0.15) is 6.10 Å². The molecule has 1 aliphatic heterocycles. The first kappa shape index (κ1) is 13.1. The lowest BCUT2D eigenvalue weighted by Gasteiger charge is -2.39. The maximum atomic E-state index is 12.0. The Morgan fingerprint density at radius 2 is 1.94 bits per heavy atom. The molecular formula is C15H21NO2. The average molecular weight is 247 g/mol. The van der Waals surface area contributed by atoms with Gasteiger partial charge in [-0.25, -0.2) is 4.79 Å². The maximum Gasteiger partial charge on any atom is 0.338 e. The number of hydrogen-bond donors (Lipinski definition) is 0. The third-order valence-electron chi connectivity index (χ3n) is 3.80. The van der Waals surface area contributed by atoms with Crippen LogP contribution in [0.25, 0.3) is 0 Å². The van der Waals surface area contributed by atoms with E-state index in [4.69, 9.17) is 4.74 Å². The highest BCUT2D eigenvalue weighted by Gasteiger charge is 2.31. The molecule has 1 aromatic rings. The van der Waals surface area contributed by atoms with Gasteiger partial charge in [-0.1, -0.05) is 25.1 Å². The Morgan fingerprint density at radius 1 is 1.28 bits per heavy atom. The van der Waals surface area contributed by atoms with Crippen molar-refractivity contribution in [2.24, 2.45) is 5.92 Å². The molecule has 1 aliphatic rings. The van der Waals surface area contributed by atoms with Crippen LogP contribution in [0.3, 0.4) is 0 Å². The second-order valence-electron chi connectivity index (χ2n) is 5.31. The van der Waals surface area contributed by atoms with Crippen molar-refractivity contribution in [1.29, 1.82) is 0 Å². The second kappa shape index (κ2) is 5.53. The molecule has 0 bridgehead atoms. The Balaban J connectivity index is 1.99. The molecule has 2 rings (SSSR count). The van der Waals surface area contributed by atoms with Crippen molar-refractivity contribution in [3.63, 3.8) is 0 Å². The van der Waals surface area contributed by atoms with Crippen LogP contribution in [0.4, 0.5) is 0 Å².